The molecule has 1 saturated heterocycles. The molecule has 6 heteroatoms. The number of nitrogens with zero attached hydrogens (tertiary/aromatic N) is 2. The first kappa shape index (κ1) is 22.5. The highest BCUT2D eigenvalue weighted by Crippen LogP contribution is 2.19. The van der Waals surface area contributed by atoms with Crippen LogP contribution in [0.5, 0.6) is 5.75 Å². The van der Waals surface area contributed by atoms with Gasteiger partial charge in [0.2, 0.25) is 0 Å². The molecule has 0 saturated carbocycles. The largest absolute Gasteiger partial charge is 0.493 e. The number of nitrogens with one attached hydrogen (secondary N) is 2. The van der Waals surface area contributed by atoms with Gasteiger partial charge in [0.15, 0.2) is 5.96 Å². The maximum atomic E-state index is 5.79. The van der Waals surface area contributed by atoms with E-state index in [4.69, 9.17) is 14.5 Å². The van der Waals surface area contributed by atoms with E-state index in [0.29, 0.717) is 19.1 Å². The van der Waals surface area contributed by atoms with Crippen molar-refractivity contribution in [2.24, 2.45) is 10.9 Å². The molecule has 28 heavy (non-hydrogen) atoms. The SMILES string of the molecule is CCCN1CCC(CN=C(NCC)Nc2cccc(OCCCOC)c2)CC1. The van der Waals surface area contributed by atoms with E-state index in [1.165, 1.54) is 38.9 Å². The lowest BCUT2D eigenvalue weighted by Crippen LogP contribution is -2.36. The number of aliphatic imine (C=N–C) groups is 1. The van der Waals surface area contributed by atoms with Gasteiger partial charge in [-0.3, -0.25) is 4.99 Å². The van der Waals surface area contributed by atoms with Gasteiger partial charge < -0.3 is 25.0 Å². The molecule has 0 unspecified atom stereocenters. The van der Waals surface area contributed by atoms with Crippen LogP contribution in [-0.2, 0) is 4.74 Å². The van der Waals surface area contributed by atoms with Crippen molar-refractivity contribution in [3.8, 4) is 5.75 Å². The van der Waals surface area contributed by atoms with Crippen LogP contribution in [0.25, 0.3) is 0 Å². The van der Waals surface area contributed by atoms with Crippen LogP contribution >= 0.6 is 0 Å². The molecule has 0 atom stereocenters. The molecular formula is C22H38N4O2. The van der Waals surface area contributed by atoms with E-state index in [1.54, 1.807) is 7.11 Å². The van der Waals surface area contributed by atoms with E-state index in [9.17, 15) is 0 Å². The van der Waals surface area contributed by atoms with Gasteiger partial charge in [0.25, 0.3) is 0 Å². The van der Waals surface area contributed by atoms with Crippen molar-refractivity contribution in [2.45, 2.75) is 39.5 Å². The topological polar surface area (TPSA) is 58.1 Å². The molecule has 158 valence electrons. The molecular weight excluding hydrogens is 352 g/mol. The monoisotopic (exact) mass is 390 g/mol. The van der Waals surface area contributed by atoms with Crippen molar-refractivity contribution in [3.05, 3.63) is 24.3 Å². The second kappa shape index (κ2) is 13.4. The van der Waals surface area contributed by atoms with E-state index in [1.807, 2.05) is 24.3 Å². The minimum atomic E-state index is 0.655. The van der Waals surface area contributed by atoms with Gasteiger partial charge in [-0.15, -0.1) is 0 Å². The number of likely N-dealkylation sites (tertiary alicyclic amines) is 1. The summed E-state index contributed by atoms with van der Waals surface area (Å²) in [6, 6.07) is 8.04. The summed E-state index contributed by atoms with van der Waals surface area (Å²) < 4.78 is 10.8. The van der Waals surface area contributed by atoms with Crippen molar-refractivity contribution >= 4 is 11.6 Å². The number of methoxy groups -OCH3 is 1. The minimum Gasteiger partial charge on any atom is -0.493 e. The number of guanidine groups is 1. The number of anilines is 1. The lowest BCUT2D eigenvalue weighted by atomic mass is 9.97. The van der Waals surface area contributed by atoms with Crippen molar-refractivity contribution < 1.29 is 9.47 Å². The lowest BCUT2D eigenvalue weighted by Gasteiger charge is -2.31. The fraction of sp³-hybridized carbons (Fsp3) is 0.682. The quantitative estimate of drug-likeness (QED) is 0.343. The molecule has 1 heterocycles. The van der Waals surface area contributed by atoms with Crippen molar-refractivity contribution in [1.29, 1.82) is 0 Å². The summed E-state index contributed by atoms with van der Waals surface area (Å²) in [5.41, 5.74) is 0.988. The van der Waals surface area contributed by atoms with Gasteiger partial charge >= 0.3 is 0 Å². The zero-order chi connectivity index (χ0) is 20.0. The number of rotatable bonds is 11. The molecule has 0 radical (unpaired) electrons. The Morgan fingerprint density at radius 3 is 2.75 bits per heavy atom. The summed E-state index contributed by atoms with van der Waals surface area (Å²) in [4.78, 5) is 7.41. The highest BCUT2D eigenvalue weighted by molar-refractivity contribution is 5.93. The standard InChI is InChI=1S/C22H38N4O2/c1-4-12-26-13-10-19(11-14-26)18-24-22(23-5-2)25-20-8-6-9-21(17-20)28-16-7-15-27-3/h6,8-9,17,19H,4-5,7,10-16,18H2,1-3H3,(H2,23,24,25). The fourth-order valence-corrected chi connectivity index (χ4v) is 3.43. The number of hydrogen-bond donors (Lipinski definition) is 2. The molecule has 0 amide bonds. The summed E-state index contributed by atoms with van der Waals surface area (Å²) in [7, 11) is 1.71. The molecule has 1 aromatic rings. The third kappa shape index (κ3) is 8.48. The van der Waals surface area contributed by atoms with Crippen LogP contribution < -0.4 is 15.4 Å². The molecule has 6 nitrogen and oxygen atoms in total. The predicted molar refractivity (Wildman–Crippen MR) is 117 cm³/mol. The van der Waals surface area contributed by atoms with Crippen molar-refractivity contribution in [1.82, 2.24) is 10.2 Å². The molecule has 1 aliphatic heterocycles. The second-order valence-electron chi connectivity index (χ2n) is 7.35. The fourth-order valence-electron chi connectivity index (χ4n) is 3.43. The van der Waals surface area contributed by atoms with Crippen LogP contribution in [-0.4, -0.2) is 63.9 Å². The molecule has 2 N–H and O–H groups in total. The predicted octanol–water partition coefficient (Wildman–Crippen LogP) is 3.60. The Morgan fingerprint density at radius 1 is 1.21 bits per heavy atom. The third-order valence-electron chi connectivity index (χ3n) is 4.96. The second-order valence-corrected chi connectivity index (χ2v) is 7.35. The Kier molecular flexibility index (Phi) is 10.8. The molecule has 0 spiro atoms. The van der Waals surface area contributed by atoms with E-state index >= 15 is 0 Å². The number of ether oxygens (including phenoxy) is 2. The zero-order valence-electron chi connectivity index (χ0n) is 17.9. The van der Waals surface area contributed by atoms with Crippen LogP contribution in [0.3, 0.4) is 0 Å². The van der Waals surface area contributed by atoms with Gasteiger partial charge in [-0.1, -0.05) is 13.0 Å². The molecule has 0 aromatic heterocycles. The first-order valence-electron chi connectivity index (χ1n) is 10.7. The van der Waals surface area contributed by atoms with Gasteiger partial charge in [-0.2, -0.15) is 0 Å². The Balaban J connectivity index is 1.85. The molecule has 1 aromatic carbocycles. The average molecular weight is 391 g/mol. The molecule has 2 rings (SSSR count). The highest BCUT2D eigenvalue weighted by atomic mass is 16.5. The number of benzene rings is 1. The summed E-state index contributed by atoms with van der Waals surface area (Å²) in [5.74, 6) is 2.38. The van der Waals surface area contributed by atoms with E-state index in [0.717, 1.165) is 36.9 Å². The van der Waals surface area contributed by atoms with Crippen molar-refractivity contribution in [3.63, 3.8) is 0 Å². The summed E-state index contributed by atoms with van der Waals surface area (Å²) in [6.45, 7) is 11.1. The van der Waals surface area contributed by atoms with E-state index in [-0.39, 0.29) is 0 Å². The van der Waals surface area contributed by atoms with Gasteiger partial charge in [-0.25, -0.2) is 0 Å². The summed E-state index contributed by atoms with van der Waals surface area (Å²) >= 11 is 0. The van der Waals surface area contributed by atoms with Crippen LogP contribution in [0.15, 0.2) is 29.3 Å². The van der Waals surface area contributed by atoms with Crippen molar-refractivity contribution in [2.75, 3.05) is 58.4 Å². The molecule has 1 fully saturated rings. The number of hydrogen-bond acceptors (Lipinski definition) is 4. The lowest BCUT2D eigenvalue weighted by molar-refractivity contribution is 0.172. The van der Waals surface area contributed by atoms with Gasteiger partial charge in [0.05, 0.1) is 6.61 Å². The average Bonchev–Trinajstić information content (AvgIpc) is 2.71. The molecule has 1 aliphatic rings. The normalized spacial score (nSPS) is 16.2. The summed E-state index contributed by atoms with van der Waals surface area (Å²) in [5, 5.41) is 6.76. The van der Waals surface area contributed by atoms with Crippen LogP contribution in [0, 0.1) is 5.92 Å². The van der Waals surface area contributed by atoms with E-state index < -0.39 is 0 Å². The first-order chi connectivity index (χ1) is 13.7. The van der Waals surface area contributed by atoms with Gasteiger partial charge in [0, 0.05) is 45.0 Å². The van der Waals surface area contributed by atoms with E-state index in [2.05, 4.69) is 29.4 Å². The third-order valence-corrected chi connectivity index (χ3v) is 4.96. The number of piperidine rings is 1. The summed E-state index contributed by atoms with van der Waals surface area (Å²) in [6.07, 6.45) is 4.61. The molecule has 0 bridgehead atoms. The van der Waals surface area contributed by atoms with Gasteiger partial charge in [0.1, 0.15) is 5.75 Å². The highest BCUT2D eigenvalue weighted by Gasteiger charge is 2.18. The molecule has 0 aliphatic carbocycles. The van der Waals surface area contributed by atoms with Crippen LogP contribution in [0.4, 0.5) is 5.69 Å². The Hall–Kier alpha value is -1.79. The van der Waals surface area contributed by atoms with Crippen LogP contribution in [0.2, 0.25) is 0 Å². The maximum Gasteiger partial charge on any atom is 0.195 e. The van der Waals surface area contributed by atoms with Crippen LogP contribution in [0.1, 0.15) is 39.5 Å². The Bertz CT molecular complexity index is 571. The minimum absolute atomic E-state index is 0.655. The smallest absolute Gasteiger partial charge is 0.195 e. The van der Waals surface area contributed by atoms with Gasteiger partial charge in [-0.05, 0) is 63.9 Å². The Labute approximate surface area is 170 Å². The zero-order valence-corrected chi connectivity index (χ0v) is 17.9. The Morgan fingerprint density at radius 2 is 2.04 bits per heavy atom. The first-order valence-corrected chi connectivity index (χ1v) is 10.7. The maximum absolute atomic E-state index is 5.79.